The molecular weight excluding hydrogens is 347 g/mol. The van der Waals surface area contributed by atoms with Gasteiger partial charge in [0, 0.05) is 19.8 Å². The Balaban J connectivity index is 1.68. The van der Waals surface area contributed by atoms with Crippen LogP contribution >= 0.6 is 0 Å². The van der Waals surface area contributed by atoms with Gasteiger partial charge < -0.3 is 15.0 Å². The molecule has 1 fully saturated rings. The maximum Gasteiger partial charge on any atom is 0.416 e. The van der Waals surface area contributed by atoms with Crippen LogP contribution in [0.2, 0.25) is 0 Å². The first kappa shape index (κ1) is 18.2. The van der Waals surface area contributed by atoms with Crippen LogP contribution in [-0.2, 0) is 17.5 Å². The van der Waals surface area contributed by atoms with Crippen molar-refractivity contribution < 1.29 is 17.9 Å². The van der Waals surface area contributed by atoms with Crippen molar-refractivity contribution in [2.24, 2.45) is 4.99 Å². The Morgan fingerprint density at radius 3 is 2.96 bits per heavy atom. The van der Waals surface area contributed by atoms with Gasteiger partial charge in [-0.15, -0.1) is 0 Å². The molecule has 3 rings (SSSR count). The number of morpholine rings is 1. The fraction of sp³-hybridized carbons (Fsp3) is 0.412. The van der Waals surface area contributed by atoms with Gasteiger partial charge in [0.1, 0.15) is 6.10 Å². The minimum atomic E-state index is -4.37. The van der Waals surface area contributed by atoms with E-state index in [-0.39, 0.29) is 0 Å². The van der Waals surface area contributed by atoms with Crippen LogP contribution in [0.5, 0.6) is 0 Å². The van der Waals surface area contributed by atoms with Crippen LogP contribution < -0.4 is 5.32 Å². The van der Waals surface area contributed by atoms with E-state index in [1.807, 2.05) is 11.0 Å². The molecule has 140 valence electrons. The first-order valence-electron chi connectivity index (χ1n) is 8.20. The summed E-state index contributed by atoms with van der Waals surface area (Å²) in [5, 5.41) is 9.96. The van der Waals surface area contributed by atoms with Crippen LogP contribution in [0.1, 0.15) is 22.9 Å². The van der Waals surface area contributed by atoms with Gasteiger partial charge in [0.25, 0.3) is 0 Å². The zero-order valence-corrected chi connectivity index (χ0v) is 14.3. The predicted octanol–water partition coefficient (Wildman–Crippen LogP) is 2.58. The molecule has 26 heavy (non-hydrogen) atoms. The van der Waals surface area contributed by atoms with Crippen molar-refractivity contribution in [1.82, 2.24) is 20.4 Å². The third-order valence-corrected chi connectivity index (χ3v) is 4.16. The van der Waals surface area contributed by atoms with Gasteiger partial charge in [-0.3, -0.25) is 10.1 Å². The van der Waals surface area contributed by atoms with E-state index in [1.165, 1.54) is 6.07 Å². The SMILES string of the molecule is CN=C(NCc1ccn[nH]1)N1CCOC(c2cccc(C(F)(F)F)c2)C1. The van der Waals surface area contributed by atoms with Gasteiger partial charge in [-0.2, -0.15) is 18.3 Å². The summed E-state index contributed by atoms with van der Waals surface area (Å²) in [5.74, 6) is 0.667. The number of alkyl halides is 3. The number of halogens is 3. The number of ether oxygens (including phenoxy) is 1. The lowest BCUT2D eigenvalue weighted by atomic mass is 10.0. The summed E-state index contributed by atoms with van der Waals surface area (Å²) in [7, 11) is 1.67. The Labute approximate surface area is 149 Å². The molecule has 0 saturated carbocycles. The molecule has 0 amide bonds. The fourth-order valence-electron chi connectivity index (χ4n) is 2.85. The summed E-state index contributed by atoms with van der Waals surface area (Å²) >= 11 is 0. The van der Waals surface area contributed by atoms with E-state index < -0.39 is 17.8 Å². The average molecular weight is 367 g/mol. The molecule has 2 N–H and O–H groups in total. The molecule has 1 aliphatic rings. The number of hydrogen-bond donors (Lipinski definition) is 2. The van der Waals surface area contributed by atoms with Crippen molar-refractivity contribution in [3.05, 3.63) is 53.3 Å². The van der Waals surface area contributed by atoms with Crippen LogP contribution in [0, 0.1) is 0 Å². The molecule has 1 aliphatic heterocycles. The fourth-order valence-corrected chi connectivity index (χ4v) is 2.85. The lowest BCUT2D eigenvalue weighted by molar-refractivity contribution is -0.137. The largest absolute Gasteiger partial charge is 0.416 e. The molecule has 6 nitrogen and oxygen atoms in total. The maximum atomic E-state index is 12.9. The van der Waals surface area contributed by atoms with E-state index >= 15 is 0 Å². The third kappa shape index (κ3) is 4.34. The molecule has 1 atom stereocenters. The van der Waals surface area contributed by atoms with Gasteiger partial charge in [0.15, 0.2) is 5.96 Å². The quantitative estimate of drug-likeness (QED) is 0.647. The average Bonchev–Trinajstić information content (AvgIpc) is 3.15. The summed E-state index contributed by atoms with van der Waals surface area (Å²) in [5.41, 5.74) is 0.750. The molecular formula is C17H20F3N5O. The zero-order chi connectivity index (χ0) is 18.6. The second-order valence-corrected chi connectivity index (χ2v) is 5.91. The van der Waals surface area contributed by atoms with Crippen LogP contribution in [0.3, 0.4) is 0 Å². The number of aromatic nitrogens is 2. The van der Waals surface area contributed by atoms with Gasteiger partial charge in [0.2, 0.25) is 0 Å². The van der Waals surface area contributed by atoms with Crippen molar-refractivity contribution in [2.45, 2.75) is 18.8 Å². The van der Waals surface area contributed by atoms with Crippen LogP contribution in [0.15, 0.2) is 41.5 Å². The van der Waals surface area contributed by atoms with Gasteiger partial charge in [-0.05, 0) is 23.8 Å². The summed E-state index contributed by atoms with van der Waals surface area (Å²) in [6.45, 7) is 1.96. The van der Waals surface area contributed by atoms with Gasteiger partial charge in [-0.1, -0.05) is 12.1 Å². The standard InChI is InChI=1S/C17H20F3N5O/c1-21-16(22-10-14-5-6-23-24-14)25-7-8-26-15(11-25)12-3-2-4-13(9-12)17(18,19)20/h2-6,9,15H,7-8,10-11H2,1H3,(H,21,22)(H,23,24). The molecule has 1 aromatic heterocycles. The van der Waals surface area contributed by atoms with Gasteiger partial charge in [-0.25, -0.2) is 0 Å². The first-order valence-corrected chi connectivity index (χ1v) is 8.20. The molecule has 0 aliphatic carbocycles. The number of aliphatic imine (C=N–C) groups is 1. The van der Waals surface area contributed by atoms with E-state index in [0.717, 1.165) is 17.8 Å². The van der Waals surface area contributed by atoms with E-state index in [9.17, 15) is 13.2 Å². The summed E-state index contributed by atoms with van der Waals surface area (Å²) in [4.78, 5) is 6.23. The number of aromatic amines is 1. The number of benzene rings is 1. The Hall–Kier alpha value is -2.55. The zero-order valence-electron chi connectivity index (χ0n) is 14.3. The molecule has 1 unspecified atom stereocenters. The summed E-state index contributed by atoms with van der Waals surface area (Å²) in [6.07, 6.45) is -3.15. The topological polar surface area (TPSA) is 65.5 Å². The van der Waals surface area contributed by atoms with Crippen molar-refractivity contribution in [2.75, 3.05) is 26.7 Å². The minimum absolute atomic E-state index is 0.408. The summed E-state index contributed by atoms with van der Waals surface area (Å²) < 4.78 is 44.5. The Bertz CT molecular complexity index is 745. The number of hydrogen-bond acceptors (Lipinski definition) is 3. The van der Waals surface area contributed by atoms with E-state index in [4.69, 9.17) is 4.74 Å². The van der Waals surface area contributed by atoms with Gasteiger partial charge >= 0.3 is 6.18 Å². The normalized spacial score (nSPS) is 18.8. The summed E-state index contributed by atoms with van der Waals surface area (Å²) in [6, 6.07) is 7.13. The molecule has 9 heteroatoms. The lowest BCUT2D eigenvalue weighted by Crippen LogP contribution is -2.48. The number of nitrogens with zero attached hydrogens (tertiary/aromatic N) is 3. The highest BCUT2D eigenvalue weighted by molar-refractivity contribution is 5.80. The van der Waals surface area contributed by atoms with E-state index in [1.54, 1.807) is 19.3 Å². The Morgan fingerprint density at radius 1 is 1.42 bits per heavy atom. The second-order valence-electron chi connectivity index (χ2n) is 5.91. The van der Waals surface area contributed by atoms with E-state index in [0.29, 0.717) is 37.8 Å². The molecule has 2 heterocycles. The molecule has 2 aromatic rings. The third-order valence-electron chi connectivity index (χ3n) is 4.16. The van der Waals surface area contributed by atoms with Crippen molar-refractivity contribution in [3.8, 4) is 0 Å². The highest BCUT2D eigenvalue weighted by Gasteiger charge is 2.32. The minimum Gasteiger partial charge on any atom is -0.370 e. The van der Waals surface area contributed by atoms with Crippen molar-refractivity contribution >= 4 is 5.96 Å². The Morgan fingerprint density at radius 2 is 2.27 bits per heavy atom. The molecule has 1 aromatic carbocycles. The lowest BCUT2D eigenvalue weighted by Gasteiger charge is -2.35. The number of nitrogens with one attached hydrogen (secondary N) is 2. The maximum absolute atomic E-state index is 12.9. The number of rotatable bonds is 3. The van der Waals surface area contributed by atoms with Crippen LogP contribution in [-0.4, -0.2) is 47.8 Å². The van der Waals surface area contributed by atoms with E-state index in [2.05, 4.69) is 20.5 Å². The second kappa shape index (κ2) is 7.77. The Kier molecular flexibility index (Phi) is 5.46. The molecule has 0 spiro atoms. The van der Waals surface area contributed by atoms with Gasteiger partial charge in [0.05, 0.1) is 31.0 Å². The van der Waals surface area contributed by atoms with Crippen LogP contribution in [0.4, 0.5) is 13.2 Å². The predicted molar refractivity (Wildman–Crippen MR) is 90.5 cm³/mol. The van der Waals surface area contributed by atoms with Crippen molar-refractivity contribution in [1.29, 1.82) is 0 Å². The first-order chi connectivity index (χ1) is 12.5. The molecule has 1 saturated heterocycles. The van der Waals surface area contributed by atoms with Crippen LogP contribution in [0.25, 0.3) is 0 Å². The highest BCUT2D eigenvalue weighted by atomic mass is 19.4. The number of guanidine groups is 1. The molecule has 0 radical (unpaired) electrons. The highest BCUT2D eigenvalue weighted by Crippen LogP contribution is 2.32. The number of H-pyrrole nitrogens is 1. The van der Waals surface area contributed by atoms with Crippen molar-refractivity contribution in [3.63, 3.8) is 0 Å². The smallest absolute Gasteiger partial charge is 0.370 e. The monoisotopic (exact) mass is 367 g/mol. The molecule has 0 bridgehead atoms.